The van der Waals surface area contributed by atoms with Crippen LogP contribution in [-0.4, -0.2) is 57.0 Å². The van der Waals surface area contributed by atoms with Crippen LogP contribution in [0.3, 0.4) is 0 Å². The first-order valence-corrected chi connectivity index (χ1v) is 7.24. The highest BCUT2D eigenvalue weighted by Gasteiger charge is 2.32. The molecule has 1 unspecified atom stereocenters. The third-order valence-electron chi connectivity index (χ3n) is 3.37. The Bertz CT molecular complexity index is 638. The largest absolute Gasteiger partial charge is 0.476 e. The zero-order valence-electron chi connectivity index (χ0n) is 13.3. The van der Waals surface area contributed by atoms with Gasteiger partial charge in [-0.1, -0.05) is 0 Å². The molecule has 2 rings (SSSR count). The number of aldehydes is 1. The molecule has 1 aromatic rings. The summed E-state index contributed by atoms with van der Waals surface area (Å²) in [5.74, 6) is -1.14. The Morgan fingerprint density at radius 3 is 2.70 bits per heavy atom. The summed E-state index contributed by atoms with van der Waals surface area (Å²) >= 11 is 0. The highest BCUT2D eigenvalue weighted by atomic mass is 16.6. The SMILES string of the molecule is CC(C)(C)OC(=O)N1CCC(c2ncc(C=O)c(C(=O)O)n2)C1. The molecule has 0 radical (unpaired) electrons. The summed E-state index contributed by atoms with van der Waals surface area (Å²) in [5.41, 5.74) is -0.961. The molecule has 1 atom stereocenters. The standard InChI is InChI=1S/C15H19N3O5/c1-15(2,3)23-14(22)18-5-4-9(7-18)12-16-6-10(8-19)11(17-12)13(20)21/h6,8-9H,4-5,7H2,1-3H3,(H,20,21). The van der Waals surface area contributed by atoms with Crippen LogP contribution in [-0.2, 0) is 4.74 Å². The van der Waals surface area contributed by atoms with Gasteiger partial charge in [-0.25, -0.2) is 19.6 Å². The Balaban J connectivity index is 2.13. The second-order valence-corrected chi connectivity index (χ2v) is 6.37. The Morgan fingerprint density at radius 1 is 1.43 bits per heavy atom. The molecule has 2 heterocycles. The molecule has 1 fully saturated rings. The fourth-order valence-electron chi connectivity index (χ4n) is 2.32. The van der Waals surface area contributed by atoms with Crippen LogP contribution < -0.4 is 0 Å². The number of hydrogen-bond acceptors (Lipinski definition) is 6. The normalized spacial score (nSPS) is 17.9. The average molecular weight is 321 g/mol. The Morgan fingerprint density at radius 2 is 2.13 bits per heavy atom. The molecular weight excluding hydrogens is 302 g/mol. The number of aromatic nitrogens is 2. The van der Waals surface area contributed by atoms with Crippen molar-refractivity contribution < 1.29 is 24.2 Å². The van der Waals surface area contributed by atoms with Gasteiger partial charge in [-0.3, -0.25) is 4.79 Å². The van der Waals surface area contributed by atoms with Crippen LogP contribution in [0.1, 0.15) is 59.8 Å². The smallest absolute Gasteiger partial charge is 0.410 e. The summed E-state index contributed by atoms with van der Waals surface area (Å²) < 4.78 is 5.31. The van der Waals surface area contributed by atoms with E-state index in [0.717, 1.165) is 0 Å². The average Bonchev–Trinajstić information content (AvgIpc) is 2.94. The Labute approximate surface area is 133 Å². The number of carbonyl (C=O) groups excluding carboxylic acids is 2. The third-order valence-corrected chi connectivity index (χ3v) is 3.37. The predicted molar refractivity (Wildman–Crippen MR) is 79.5 cm³/mol. The second-order valence-electron chi connectivity index (χ2n) is 6.37. The van der Waals surface area contributed by atoms with Crippen molar-refractivity contribution >= 4 is 18.3 Å². The van der Waals surface area contributed by atoms with Crippen LogP contribution >= 0.6 is 0 Å². The molecule has 124 valence electrons. The van der Waals surface area contributed by atoms with E-state index in [4.69, 9.17) is 9.84 Å². The first kappa shape index (κ1) is 16.9. The minimum atomic E-state index is -1.28. The zero-order chi connectivity index (χ0) is 17.2. The van der Waals surface area contributed by atoms with E-state index in [2.05, 4.69) is 9.97 Å². The van der Waals surface area contributed by atoms with E-state index in [9.17, 15) is 14.4 Å². The minimum absolute atomic E-state index is 0.0664. The molecule has 8 nitrogen and oxygen atoms in total. The van der Waals surface area contributed by atoms with Crippen molar-refractivity contribution in [2.75, 3.05) is 13.1 Å². The lowest BCUT2D eigenvalue weighted by molar-refractivity contribution is 0.0292. The van der Waals surface area contributed by atoms with Crippen molar-refractivity contribution in [2.45, 2.75) is 38.7 Å². The van der Waals surface area contributed by atoms with Gasteiger partial charge in [-0.2, -0.15) is 0 Å². The molecule has 1 aliphatic rings. The van der Waals surface area contributed by atoms with E-state index < -0.39 is 17.7 Å². The van der Waals surface area contributed by atoms with Crippen LogP contribution in [0, 0.1) is 0 Å². The number of likely N-dealkylation sites (tertiary alicyclic amines) is 1. The highest BCUT2D eigenvalue weighted by Crippen LogP contribution is 2.26. The van der Waals surface area contributed by atoms with E-state index in [-0.39, 0.29) is 17.2 Å². The van der Waals surface area contributed by atoms with Crippen LogP contribution in [0.4, 0.5) is 4.79 Å². The van der Waals surface area contributed by atoms with Crippen LogP contribution in [0.15, 0.2) is 6.20 Å². The Hall–Kier alpha value is -2.51. The lowest BCUT2D eigenvalue weighted by Crippen LogP contribution is -2.35. The number of carboxylic acids is 1. The summed E-state index contributed by atoms with van der Waals surface area (Å²) in [6.07, 6.45) is 1.81. The van der Waals surface area contributed by atoms with Gasteiger partial charge in [-0.05, 0) is 27.2 Å². The van der Waals surface area contributed by atoms with Gasteiger partial charge in [-0.15, -0.1) is 0 Å². The summed E-state index contributed by atoms with van der Waals surface area (Å²) in [6, 6.07) is 0. The molecule has 1 amide bonds. The van der Waals surface area contributed by atoms with Gasteiger partial charge in [0.25, 0.3) is 0 Å². The molecule has 1 saturated heterocycles. The third kappa shape index (κ3) is 4.02. The molecule has 0 aromatic carbocycles. The first-order valence-electron chi connectivity index (χ1n) is 7.24. The summed E-state index contributed by atoms with van der Waals surface area (Å²) in [6.45, 7) is 6.21. The topological polar surface area (TPSA) is 110 Å². The van der Waals surface area contributed by atoms with Gasteiger partial charge < -0.3 is 14.7 Å². The summed E-state index contributed by atoms with van der Waals surface area (Å²) in [4.78, 5) is 43.6. The molecule has 0 spiro atoms. The van der Waals surface area contributed by atoms with Crippen LogP contribution in [0.2, 0.25) is 0 Å². The van der Waals surface area contributed by atoms with Crippen molar-refractivity contribution in [3.8, 4) is 0 Å². The number of carbonyl (C=O) groups is 3. The van der Waals surface area contributed by atoms with E-state index in [1.54, 1.807) is 25.7 Å². The highest BCUT2D eigenvalue weighted by molar-refractivity contribution is 5.94. The fourth-order valence-corrected chi connectivity index (χ4v) is 2.32. The number of carboxylic acid groups (broad SMARTS) is 1. The zero-order valence-corrected chi connectivity index (χ0v) is 13.3. The summed E-state index contributed by atoms with van der Waals surface area (Å²) in [7, 11) is 0. The van der Waals surface area contributed by atoms with Gasteiger partial charge >= 0.3 is 12.1 Å². The van der Waals surface area contributed by atoms with Crippen molar-refractivity contribution in [1.29, 1.82) is 0 Å². The monoisotopic (exact) mass is 321 g/mol. The van der Waals surface area contributed by atoms with E-state index in [1.807, 2.05) is 0 Å². The quantitative estimate of drug-likeness (QED) is 0.844. The van der Waals surface area contributed by atoms with E-state index >= 15 is 0 Å². The molecule has 1 N–H and O–H groups in total. The number of ether oxygens (including phenoxy) is 1. The predicted octanol–water partition coefficient (Wildman–Crippen LogP) is 1.71. The van der Waals surface area contributed by atoms with Crippen LogP contribution in [0.5, 0.6) is 0 Å². The summed E-state index contributed by atoms with van der Waals surface area (Å²) in [5, 5.41) is 9.10. The van der Waals surface area contributed by atoms with Gasteiger partial charge in [0.2, 0.25) is 0 Å². The maximum atomic E-state index is 12.0. The molecule has 1 aliphatic heterocycles. The van der Waals surface area contributed by atoms with E-state index in [1.165, 1.54) is 6.20 Å². The number of aromatic carboxylic acids is 1. The van der Waals surface area contributed by atoms with E-state index in [0.29, 0.717) is 31.6 Å². The molecular formula is C15H19N3O5. The number of rotatable bonds is 3. The number of nitrogens with zero attached hydrogens (tertiary/aromatic N) is 3. The number of hydrogen-bond donors (Lipinski definition) is 1. The fraction of sp³-hybridized carbons (Fsp3) is 0.533. The molecule has 1 aromatic heterocycles. The van der Waals surface area contributed by atoms with Gasteiger partial charge in [0.1, 0.15) is 11.4 Å². The number of amides is 1. The lowest BCUT2D eigenvalue weighted by Gasteiger charge is -2.24. The first-order chi connectivity index (χ1) is 10.7. The maximum Gasteiger partial charge on any atom is 0.410 e. The molecule has 23 heavy (non-hydrogen) atoms. The molecule has 0 bridgehead atoms. The van der Waals surface area contributed by atoms with Gasteiger partial charge in [0.05, 0.1) is 5.56 Å². The van der Waals surface area contributed by atoms with Crippen molar-refractivity contribution in [3.63, 3.8) is 0 Å². The Kier molecular flexibility index (Phi) is 4.63. The molecule has 0 saturated carbocycles. The van der Waals surface area contributed by atoms with Gasteiger partial charge in [0.15, 0.2) is 12.0 Å². The van der Waals surface area contributed by atoms with Crippen LogP contribution in [0.25, 0.3) is 0 Å². The molecule has 8 heteroatoms. The maximum absolute atomic E-state index is 12.0. The van der Waals surface area contributed by atoms with Crippen molar-refractivity contribution in [3.05, 3.63) is 23.3 Å². The van der Waals surface area contributed by atoms with Crippen molar-refractivity contribution in [1.82, 2.24) is 14.9 Å². The van der Waals surface area contributed by atoms with Crippen molar-refractivity contribution in [2.24, 2.45) is 0 Å². The van der Waals surface area contributed by atoms with Gasteiger partial charge in [0, 0.05) is 25.2 Å². The lowest BCUT2D eigenvalue weighted by atomic mass is 10.1. The second kappa shape index (κ2) is 6.31. The minimum Gasteiger partial charge on any atom is -0.476 e. The molecule has 0 aliphatic carbocycles.